The fourth-order valence-electron chi connectivity index (χ4n) is 3.46. The van der Waals surface area contributed by atoms with Crippen LogP contribution in [0.4, 0.5) is 0 Å². The van der Waals surface area contributed by atoms with Crippen molar-refractivity contribution in [3.8, 4) is 0 Å². The smallest absolute Gasteiger partial charge is 0.142 e. The van der Waals surface area contributed by atoms with E-state index in [0.717, 1.165) is 12.0 Å². The van der Waals surface area contributed by atoms with E-state index in [1.807, 2.05) is 0 Å². The molecule has 0 saturated heterocycles. The lowest BCUT2D eigenvalue weighted by Gasteiger charge is -2.32. The molecule has 2 heteroatoms. The number of rotatable bonds is 7. The Kier molecular flexibility index (Phi) is 10.3. The predicted molar refractivity (Wildman–Crippen MR) is 105 cm³/mol. The van der Waals surface area contributed by atoms with Gasteiger partial charge in [0, 0.05) is 6.04 Å². The number of hydrogen-bond acceptors (Lipinski definition) is 2. The molecule has 0 N–H and O–H groups in total. The zero-order chi connectivity index (χ0) is 17.8. The van der Waals surface area contributed by atoms with Gasteiger partial charge in [0.05, 0.1) is 0 Å². The number of unbranched alkanes of at least 4 members (excludes halogenated alkanes) is 2. The highest BCUT2D eigenvalue weighted by Gasteiger charge is 2.23. The second-order valence-electron chi connectivity index (χ2n) is 7.04. The van der Waals surface area contributed by atoms with Crippen molar-refractivity contribution in [1.82, 2.24) is 4.90 Å². The van der Waals surface area contributed by atoms with Crippen LogP contribution >= 0.6 is 0 Å². The first-order valence-corrected chi connectivity index (χ1v) is 9.43. The molecule has 0 radical (unpaired) electrons. The highest BCUT2D eigenvalue weighted by Crippen LogP contribution is 2.34. The molecule has 1 saturated carbocycles. The molecule has 0 aliphatic heterocycles. The molecule has 0 unspecified atom stereocenters. The van der Waals surface area contributed by atoms with Crippen LogP contribution in [0.15, 0.2) is 36.9 Å². The summed E-state index contributed by atoms with van der Waals surface area (Å²) in [6.07, 6.45) is 12.5. The van der Waals surface area contributed by atoms with Crippen molar-refractivity contribution in [3.63, 3.8) is 0 Å². The quantitative estimate of drug-likeness (QED) is 0.380. The van der Waals surface area contributed by atoms with E-state index in [1.54, 1.807) is 5.56 Å². The van der Waals surface area contributed by atoms with Gasteiger partial charge in [0.25, 0.3) is 0 Å². The highest BCUT2D eigenvalue weighted by atomic mass is 16.1. The van der Waals surface area contributed by atoms with Gasteiger partial charge in [-0.05, 0) is 75.7 Å². The lowest BCUT2D eigenvalue weighted by Crippen LogP contribution is -2.31. The number of allylic oxidation sites excluding steroid dienone is 1. The van der Waals surface area contributed by atoms with Crippen molar-refractivity contribution in [1.29, 1.82) is 0 Å². The minimum absolute atomic E-state index is 0.639. The molecule has 0 atom stereocenters. The Labute approximate surface area is 149 Å². The molecule has 0 amide bonds. The van der Waals surface area contributed by atoms with Gasteiger partial charge >= 0.3 is 0 Å². The van der Waals surface area contributed by atoms with E-state index < -0.39 is 0 Å². The summed E-state index contributed by atoms with van der Waals surface area (Å²) in [7, 11) is 4.44. The summed E-state index contributed by atoms with van der Waals surface area (Å²) in [6, 6.07) is 10.3. The zero-order valence-corrected chi connectivity index (χ0v) is 15.8. The summed E-state index contributed by atoms with van der Waals surface area (Å²) < 4.78 is 0. The molecular weight excluding hydrogens is 294 g/mol. The molecule has 134 valence electrons. The first-order valence-electron chi connectivity index (χ1n) is 9.43. The molecular formula is C22H35NO. The van der Waals surface area contributed by atoms with Crippen molar-refractivity contribution in [3.05, 3.63) is 48.0 Å². The fourth-order valence-corrected chi connectivity index (χ4v) is 3.46. The number of carbonyl (C=O) groups excluding carboxylic acids is 1. The number of benzene rings is 1. The van der Waals surface area contributed by atoms with E-state index in [4.69, 9.17) is 4.79 Å². The van der Waals surface area contributed by atoms with E-state index >= 15 is 0 Å². The fraction of sp³-hybridized carbons (Fsp3) is 0.591. The van der Waals surface area contributed by atoms with Gasteiger partial charge in [-0.25, -0.2) is 0 Å². The average Bonchev–Trinajstić information content (AvgIpc) is 2.63. The Morgan fingerprint density at radius 1 is 1.08 bits per heavy atom. The first-order chi connectivity index (χ1) is 11.6. The largest absolute Gasteiger partial charge is 0.306 e. The van der Waals surface area contributed by atoms with Gasteiger partial charge in [0.15, 0.2) is 0 Å². The van der Waals surface area contributed by atoms with Crippen molar-refractivity contribution in [2.45, 2.75) is 70.3 Å². The van der Waals surface area contributed by atoms with Crippen molar-refractivity contribution < 1.29 is 4.79 Å². The lowest BCUT2D eigenvalue weighted by atomic mass is 9.81. The Morgan fingerprint density at radius 3 is 2.12 bits per heavy atom. The lowest BCUT2D eigenvalue weighted by molar-refractivity contribution is -0.104. The van der Waals surface area contributed by atoms with Gasteiger partial charge in [-0.15, -0.1) is 0 Å². The molecule has 0 heterocycles. The minimum Gasteiger partial charge on any atom is -0.306 e. The van der Waals surface area contributed by atoms with Gasteiger partial charge in [0.2, 0.25) is 0 Å². The maximum Gasteiger partial charge on any atom is 0.142 e. The van der Waals surface area contributed by atoms with Crippen LogP contribution in [0.2, 0.25) is 0 Å². The molecule has 2 rings (SSSR count). The SMILES string of the molecule is C=CC=O.CCCCCc1ccc(C2CCC(N(C)C)CC2)cc1. The molecule has 2 nitrogen and oxygen atoms in total. The molecule has 1 aliphatic rings. The van der Waals surface area contributed by atoms with Crippen LogP contribution < -0.4 is 0 Å². The summed E-state index contributed by atoms with van der Waals surface area (Å²) in [5.41, 5.74) is 3.09. The predicted octanol–water partition coefficient (Wildman–Crippen LogP) is 5.38. The Morgan fingerprint density at radius 2 is 1.67 bits per heavy atom. The van der Waals surface area contributed by atoms with E-state index in [2.05, 4.69) is 56.8 Å². The highest BCUT2D eigenvalue weighted by molar-refractivity contribution is 5.63. The minimum atomic E-state index is 0.639. The van der Waals surface area contributed by atoms with Crippen LogP contribution in [-0.4, -0.2) is 31.3 Å². The third kappa shape index (κ3) is 7.44. The maximum atomic E-state index is 9.06. The second kappa shape index (κ2) is 12.0. The molecule has 1 fully saturated rings. The molecule has 0 aromatic heterocycles. The molecule has 1 aliphatic carbocycles. The number of nitrogens with zero attached hydrogens (tertiary/aromatic N) is 1. The summed E-state index contributed by atoms with van der Waals surface area (Å²) in [5, 5.41) is 0. The number of carbonyl (C=O) groups is 1. The van der Waals surface area contributed by atoms with Gasteiger partial charge in [0.1, 0.15) is 6.29 Å². The molecule has 24 heavy (non-hydrogen) atoms. The Bertz CT molecular complexity index is 449. The normalized spacial score (nSPS) is 20.2. The topological polar surface area (TPSA) is 20.3 Å². The van der Waals surface area contributed by atoms with Gasteiger partial charge < -0.3 is 4.90 Å². The standard InChI is InChI=1S/C19H31N.C3H4O/c1-4-5-6-7-16-8-10-17(11-9-16)18-12-14-19(15-13-18)20(2)3;1-2-3-4/h8-11,18-19H,4-7,12-15H2,1-3H3;2-3H,1H2. The van der Waals surface area contributed by atoms with Crippen LogP contribution in [0, 0.1) is 0 Å². The van der Waals surface area contributed by atoms with Crippen LogP contribution in [0.1, 0.15) is 68.9 Å². The molecule has 0 bridgehead atoms. The Hall–Kier alpha value is -1.41. The van der Waals surface area contributed by atoms with Gasteiger partial charge in [-0.3, -0.25) is 4.79 Å². The van der Waals surface area contributed by atoms with E-state index in [-0.39, 0.29) is 0 Å². The number of hydrogen-bond donors (Lipinski definition) is 0. The number of aryl methyl sites for hydroxylation is 1. The van der Waals surface area contributed by atoms with Crippen molar-refractivity contribution in [2.24, 2.45) is 0 Å². The second-order valence-corrected chi connectivity index (χ2v) is 7.04. The summed E-state index contributed by atoms with van der Waals surface area (Å²) in [4.78, 5) is 11.5. The third-order valence-corrected chi connectivity index (χ3v) is 5.04. The Balaban J connectivity index is 0.000000648. The molecule has 1 aromatic rings. The summed E-state index contributed by atoms with van der Waals surface area (Å²) in [6.45, 7) is 5.38. The number of aldehydes is 1. The monoisotopic (exact) mass is 329 g/mol. The average molecular weight is 330 g/mol. The van der Waals surface area contributed by atoms with Crippen LogP contribution in [0.25, 0.3) is 0 Å². The molecule has 0 spiro atoms. The van der Waals surface area contributed by atoms with Gasteiger partial charge in [-0.1, -0.05) is 50.6 Å². The van der Waals surface area contributed by atoms with E-state index in [1.165, 1.54) is 63.0 Å². The summed E-state index contributed by atoms with van der Waals surface area (Å²) in [5.74, 6) is 0.802. The van der Waals surface area contributed by atoms with Crippen molar-refractivity contribution >= 4 is 6.29 Å². The summed E-state index contributed by atoms with van der Waals surface area (Å²) >= 11 is 0. The van der Waals surface area contributed by atoms with Crippen LogP contribution in [-0.2, 0) is 11.2 Å². The third-order valence-electron chi connectivity index (χ3n) is 5.04. The maximum absolute atomic E-state index is 9.06. The van der Waals surface area contributed by atoms with Crippen LogP contribution in [0.3, 0.4) is 0 Å². The van der Waals surface area contributed by atoms with Crippen LogP contribution in [0.5, 0.6) is 0 Å². The van der Waals surface area contributed by atoms with Gasteiger partial charge in [-0.2, -0.15) is 0 Å². The first kappa shape index (κ1) is 20.6. The molecule has 1 aromatic carbocycles. The van der Waals surface area contributed by atoms with Crippen molar-refractivity contribution in [2.75, 3.05) is 14.1 Å². The van der Waals surface area contributed by atoms with E-state index in [0.29, 0.717) is 6.29 Å². The zero-order valence-electron chi connectivity index (χ0n) is 15.8. The van der Waals surface area contributed by atoms with E-state index in [9.17, 15) is 0 Å².